The molecule has 0 bridgehead atoms. The average Bonchev–Trinajstić information content (AvgIpc) is 2.50. The average molecular weight is 192 g/mol. The monoisotopic (exact) mass is 192 g/mol. The first-order chi connectivity index (χ1) is 6.70. The summed E-state index contributed by atoms with van der Waals surface area (Å²) in [5.74, 6) is 0.279. The summed E-state index contributed by atoms with van der Waals surface area (Å²) < 4.78 is 0. The van der Waals surface area contributed by atoms with Gasteiger partial charge in [-0.25, -0.2) is 0 Å². The van der Waals surface area contributed by atoms with Crippen molar-refractivity contribution in [3.8, 4) is 0 Å². The first kappa shape index (κ1) is 10.6. The molecule has 1 rings (SSSR count). The smallest absolute Gasteiger partial charge is 0.113 e. The Bertz CT molecular complexity index is 425. The summed E-state index contributed by atoms with van der Waals surface area (Å²) in [6, 6.07) is 0. The van der Waals surface area contributed by atoms with Crippen LogP contribution in [0.1, 0.15) is 12.5 Å². The molecule has 1 aromatic rings. The van der Waals surface area contributed by atoms with Crippen LogP contribution in [-0.4, -0.2) is 16.6 Å². The van der Waals surface area contributed by atoms with Crippen molar-refractivity contribution >= 4 is 11.8 Å². The Balaban J connectivity index is 3.44. The number of hydrogen-bond acceptors (Lipinski definition) is 2. The maximum absolute atomic E-state index is 9.41. The van der Waals surface area contributed by atoms with Gasteiger partial charge in [0.15, 0.2) is 0 Å². The van der Waals surface area contributed by atoms with Crippen molar-refractivity contribution in [2.75, 3.05) is 6.54 Å². The third-order valence-electron chi connectivity index (χ3n) is 2.07. The lowest BCUT2D eigenvalue weighted by Crippen LogP contribution is -2.27. The topological polar surface area (TPSA) is 62.0 Å². The second-order valence-corrected chi connectivity index (χ2v) is 3.13. The molecule has 0 unspecified atom stereocenters. The molecule has 0 atom stereocenters. The number of aliphatic hydroxyl groups is 1. The summed E-state index contributed by atoms with van der Waals surface area (Å²) in [6.07, 6.45) is 6.24. The van der Waals surface area contributed by atoms with Crippen molar-refractivity contribution in [2.45, 2.75) is 13.3 Å². The van der Waals surface area contributed by atoms with Crippen LogP contribution in [0.2, 0.25) is 0 Å². The number of nitrogens with one attached hydrogen (secondary N) is 1. The van der Waals surface area contributed by atoms with E-state index in [9.17, 15) is 5.11 Å². The number of nitrogens with two attached hydrogens (primary N) is 1. The Hall–Kier alpha value is -1.48. The van der Waals surface area contributed by atoms with Crippen LogP contribution in [0.25, 0.3) is 11.8 Å². The molecule has 3 heteroatoms. The van der Waals surface area contributed by atoms with E-state index in [1.54, 1.807) is 13.0 Å². The fourth-order valence-electron chi connectivity index (χ4n) is 1.45. The minimum atomic E-state index is 0.279. The zero-order valence-electron chi connectivity index (χ0n) is 8.38. The van der Waals surface area contributed by atoms with Crippen molar-refractivity contribution in [3.05, 3.63) is 35.0 Å². The van der Waals surface area contributed by atoms with Gasteiger partial charge in [-0.3, -0.25) is 0 Å². The standard InChI is InChI=1S/C11H16N2O/c1-3-4-10-9(5-6-12)7-13-11(10)8(2)14/h3-4,7,13-14H,1,5-6,12H2,2H3/b10-4-,11-8-. The van der Waals surface area contributed by atoms with Crippen molar-refractivity contribution in [2.24, 2.45) is 5.73 Å². The maximum atomic E-state index is 9.41. The number of aromatic amines is 1. The van der Waals surface area contributed by atoms with Gasteiger partial charge in [-0.1, -0.05) is 18.7 Å². The molecule has 0 saturated carbocycles. The molecule has 0 fully saturated rings. The molecule has 0 amide bonds. The predicted molar refractivity (Wildman–Crippen MR) is 59.2 cm³/mol. The third-order valence-corrected chi connectivity index (χ3v) is 2.07. The predicted octanol–water partition coefficient (Wildman–Crippen LogP) is 0.169. The summed E-state index contributed by atoms with van der Waals surface area (Å²) >= 11 is 0. The van der Waals surface area contributed by atoms with Crippen LogP contribution in [0.3, 0.4) is 0 Å². The quantitative estimate of drug-likeness (QED) is 0.639. The van der Waals surface area contributed by atoms with Gasteiger partial charge in [-0.15, -0.1) is 0 Å². The highest BCUT2D eigenvalue weighted by atomic mass is 16.3. The van der Waals surface area contributed by atoms with Crippen LogP contribution in [0.15, 0.2) is 18.9 Å². The molecule has 0 spiro atoms. The lowest BCUT2D eigenvalue weighted by molar-refractivity contribution is 0.496. The second kappa shape index (κ2) is 4.67. The number of allylic oxidation sites excluding steroid dienone is 1. The summed E-state index contributed by atoms with van der Waals surface area (Å²) in [6.45, 7) is 5.89. The van der Waals surface area contributed by atoms with Crippen molar-refractivity contribution in [1.82, 2.24) is 4.98 Å². The van der Waals surface area contributed by atoms with Gasteiger partial charge < -0.3 is 15.8 Å². The fourth-order valence-corrected chi connectivity index (χ4v) is 1.45. The zero-order valence-corrected chi connectivity index (χ0v) is 8.38. The summed E-state index contributed by atoms with van der Waals surface area (Å²) in [5, 5.41) is 11.1. The molecule has 0 radical (unpaired) electrons. The van der Waals surface area contributed by atoms with E-state index in [1.165, 1.54) is 0 Å². The Morgan fingerprint density at radius 3 is 2.93 bits per heavy atom. The highest BCUT2D eigenvalue weighted by molar-refractivity contribution is 5.42. The highest BCUT2D eigenvalue weighted by Crippen LogP contribution is 1.88. The molecule has 4 N–H and O–H groups in total. The number of rotatable bonds is 3. The largest absolute Gasteiger partial charge is 0.510 e. The normalized spacial score (nSPS) is 14.3. The molecule has 14 heavy (non-hydrogen) atoms. The molecule has 0 aliphatic carbocycles. The Morgan fingerprint density at radius 2 is 2.43 bits per heavy atom. The minimum absolute atomic E-state index is 0.279. The molecular formula is C11H16N2O. The lowest BCUT2D eigenvalue weighted by atomic mass is 10.2. The van der Waals surface area contributed by atoms with Gasteiger partial charge in [0.25, 0.3) is 0 Å². The van der Waals surface area contributed by atoms with Gasteiger partial charge in [0, 0.05) is 11.4 Å². The van der Waals surface area contributed by atoms with E-state index >= 15 is 0 Å². The van der Waals surface area contributed by atoms with Crippen molar-refractivity contribution in [1.29, 1.82) is 0 Å². The molecule has 3 nitrogen and oxygen atoms in total. The lowest BCUT2D eigenvalue weighted by Gasteiger charge is -1.91. The fraction of sp³-hybridized carbons (Fsp3) is 0.273. The van der Waals surface area contributed by atoms with E-state index in [0.29, 0.717) is 6.54 Å². The van der Waals surface area contributed by atoms with E-state index in [2.05, 4.69) is 11.6 Å². The first-order valence-corrected chi connectivity index (χ1v) is 4.59. The molecule has 1 aromatic heterocycles. The van der Waals surface area contributed by atoms with Crippen LogP contribution in [0.5, 0.6) is 0 Å². The van der Waals surface area contributed by atoms with Gasteiger partial charge in [-0.2, -0.15) is 0 Å². The summed E-state index contributed by atoms with van der Waals surface area (Å²) in [4.78, 5) is 3.02. The molecule has 76 valence electrons. The molecule has 0 aliphatic heterocycles. The van der Waals surface area contributed by atoms with E-state index in [0.717, 1.165) is 22.6 Å². The molecule has 1 heterocycles. The zero-order chi connectivity index (χ0) is 10.6. The molecular weight excluding hydrogens is 176 g/mol. The molecule has 0 saturated heterocycles. The van der Waals surface area contributed by atoms with E-state index in [1.807, 2.05) is 12.3 Å². The van der Waals surface area contributed by atoms with Crippen molar-refractivity contribution < 1.29 is 5.11 Å². The number of H-pyrrole nitrogens is 1. The summed E-state index contributed by atoms with van der Waals surface area (Å²) in [5.41, 5.74) is 6.60. The molecule has 0 aromatic carbocycles. The van der Waals surface area contributed by atoms with Crippen LogP contribution in [-0.2, 0) is 6.42 Å². The summed E-state index contributed by atoms with van der Waals surface area (Å²) in [7, 11) is 0. The van der Waals surface area contributed by atoms with Crippen LogP contribution in [0, 0.1) is 0 Å². The van der Waals surface area contributed by atoms with Crippen molar-refractivity contribution in [3.63, 3.8) is 0 Å². The Morgan fingerprint density at radius 1 is 1.71 bits per heavy atom. The first-order valence-electron chi connectivity index (χ1n) is 4.59. The van der Waals surface area contributed by atoms with Crippen LogP contribution < -0.4 is 16.3 Å². The molecule has 0 aliphatic rings. The highest BCUT2D eigenvalue weighted by Gasteiger charge is 1.99. The second-order valence-electron chi connectivity index (χ2n) is 3.13. The Labute approximate surface area is 83.3 Å². The Kier molecular flexibility index (Phi) is 3.54. The van der Waals surface area contributed by atoms with Gasteiger partial charge >= 0.3 is 0 Å². The van der Waals surface area contributed by atoms with E-state index < -0.39 is 0 Å². The van der Waals surface area contributed by atoms with Gasteiger partial charge in [0.2, 0.25) is 0 Å². The van der Waals surface area contributed by atoms with Gasteiger partial charge in [-0.05, 0) is 25.5 Å². The van der Waals surface area contributed by atoms with Crippen LogP contribution >= 0.6 is 0 Å². The number of hydrogen-bond donors (Lipinski definition) is 3. The van der Waals surface area contributed by atoms with E-state index in [4.69, 9.17) is 5.73 Å². The number of aliphatic hydroxyl groups excluding tert-OH is 1. The third kappa shape index (κ3) is 2.06. The number of aromatic nitrogens is 1. The SMILES string of the molecule is C=C/C=c1/c(CCN)c[nH]/c1=C(/C)O. The minimum Gasteiger partial charge on any atom is -0.510 e. The van der Waals surface area contributed by atoms with Crippen LogP contribution in [0.4, 0.5) is 0 Å². The van der Waals surface area contributed by atoms with E-state index in [-0.39, 0.29) is 5.76 Å². The van der Waals surface area contributed by atoms with Gasteiger partial charge in [0.1, 0.15) is 5.76 Å². The van der Waals surface area contributed by atoms with Gasteiger partial charge in [0.05, 0.1) is 5.35 Å². The maximum Gasteiger partial charge on any atom is 0.113 e.